The summed E-state index contributed by atoms with van der Waals surface area (Å²) in [5, 5.41) is 0. The first-order chi connectivity index (χ1) is 9.17. The van der Waals surface area contributed by atoms with Crippen molar-refractivity contribution in [2.45, 2.75) is 44.8 Å². The minimum absolute atomic E-state index is 0.251. The van der Waals surface area contributed by atoms with Crippen LogP contribution in [0.15, 0.2) is 18.2 Å². The molecule has 0 aliphatic carbocycles. The third-order valence-corrected chi connectivity index (χ3v) is 4.08. The van der Waals surface area contributed by atoms with Crippen LogP contribution in [0.25, 0.3) is 0 Å². The van der Waals surface area contributed by atoms with Crippen LogP contribution in [0.2, 0.25) is 0 Å². The van der Waals surface area contributed by atoms with Gasteiger partial charge in [0.2, 0.25) is 0 Å². The van der Waals surface area contributed by atoms with Gasteiger partial charge in [0, 0.05) is 30.7 Å². The number of nitrogens with two attached hydrogens (primary N) is 1. The molecule has 3 nitrogen and oxygen atoms in total. The lowest BCUT2D eigenvalue weighted by Crippen LogP contribution is -2.48. The van der Waals surface area contributed by atoms with Crippen molar-refractivity contribution in [1.29, 1.82) is 0 Å². The molecular weight excluding hydrogens is 243 g/mol. The van der Waals surface area contributed by atoms with E-state index in [0.717, 1.165) is 12.8 Å². The molecule has 2 unspecified atom stereocenters. The Morgan fingerprint density at radius 2 is 2.21 bits per heavy atom. The van der Waals surface area contributed by atoms with E-state index in [1.165, 1.54) is 13.5 Å². The van der Waals surface area contributed by atoms with Crippen LogP contribution in [0.4, 0.5) is 4.39 Å². The molecular formula is C15H23FN2O. The normalized spacial score (nSPS) is 24.4. The Hall–Kier alpha value is -1.13. The average Bonchev–Trinajstić information content (AvgIpc) is 2.43. The third-order valence-electron chi connectivity index (χ3n) is 4.08. The molecule has 106 valence electrons. The molecule has 1 fully saturated rings. The molecule has 1 heterocycles. The lowest BCUT2D eigenvalue weighted by Gasteiger charge is -2.40. The van der Waals surface area contributed by atoms with E-state index in [0.29, 0.717) is 36.5 Å². The number of benzene rings is 1. The van der Waals surface area contributed by atoms with Crippen LogP contribution >= 0.6 is 0 Å². The van der Waals surface area contributed by atoms with Gasteiger partial charge in [0.05, 0.1) is 7.11 Å². The Morgan fingerprint density at radius 3 is 2.89 bits per heavy atom. The molecule has 19 heavy (non-hydrogen) atoms. The molecule has 0 aromatic heterocycles. The molecule has 2 atom stereocenters. The summed E-state index contributed by atoms with van der Waals surface area (Å²) in [5.41, 5.74) is 6.53. The fraction of sp³-hybridized carbons (Fsp3) is 0.600. The van der Waals surface area contributed by atoms with Crippen molar-refractivity contribution in [2.75, 3.05) is 13.7 Å². The van der Waals surface area contributed by atoms with E-state index in [9.17, 15) is 4.39 Å². The summed E-state index contributed by atoms with van der Waals surface area (Å²) in [6, 6.07) is 6.12. The summed E-state index contributed by atoms with van der Waals surface area (Å²) in [7, 11) is 1.49. The van der Waals surface area contributed by atoms with Gasteiger partial charge in [-0.1, -0.05) is 18.6 Å². The van der Waals surface area contributed by atoms with Gasteiger partial charge in [-0.25, -0.2) is 4.39 Å². The van der Waals surface area contributed by atoms with Crippen LogP contribution in [0.1, 0.15) is 31.7 Å². The number of methoxy groups -OCH3 is 1. The molecule has 1 aliphatic heterocycles. The molecule has 0 spiro atoms. The molecule has 2 N–H and O–H groups in total. The lowest BCUT2D eigenvalue weighted by molar-refractivity contribution is 0.0878. The highest BCUT2D eigenvalue weighted by Gasteiger charge is 2.27. The van der Waals surface area contributed by atoms with E-state index < -0.39 is 0 Å². The Kier molecular flexibility index (Phi) is 4.77. The highest BCUT2D eigenvalue weighted by atomic mass is 19.1. The largest absolute Gasteiger partial charge is 0.494 e. The van der Waals surface area contributed by atoms with Gasteiger partial charge in [0.1, 0.15) is 0 Å². The third kappa shape index (κ3) is 3.07. The van der Waals surface area contributed by atoms with Gasteiger partial charge in [-0.3, -0.25) is 4.90 Å². The first kappa shape index (κ1) is 14.3. The summed E-state index contributed by atoms with van der Waals surface area (Å²) in [5.74, 6) is 0.0602. The summed E-state index contributed by atoms with van der Waals surface area (Å²) in [6.45, 7) is 3.43. The zero-order valence-corrected chi connectivity index (χ0v) is 11.7. The molecule has 1 aromatic rings. The Labute approximate surface area is 114 Å². The molecule has 0 radical (unpaired) electrons. The van der Waals surface area contributed by atoms with Crippen molar-refractivity contribution >= 4 is 0 Å². The number of nitrogens with zero attached hydrogens (tertiary/aromatic N) is 1. The number of hydrogen-bond donors (Lipinski definition) is 1. The van der Waals surface area contributed by atoms with Crippen molar-refractivity contribution in [3.05, 3.63) is 29.6 Å². The number of hydrogen-bond acceptors (Lipinski definition) is 3. The summed E-state index contributed by atoms with van der Waals surface area (Å²) >= 11 is 0. The highest BCUT2D eigenvalue weighted by molar-refractivity contribution is 5.31. The van der Waals surface area contributed by atoms with Crippen molar-refractivity contribution in [3.63, 3.8) is 0 Å². The molecule has 1 aliphatic rings. The highest BCUT2D eigenvalue weighted by Crippen LogP contribution is 2.27. The standard InChI is InChI=1S/C15H23FN2O/c1-11-5-3-7-13(9-17)18(11)10-12-6-4-8-14(19-2)15(12)16/h4,6,8,11,13H,3,5,7,9-10,17H2,1-2H3. The van der Waals surface area contributed by atoms with Crippen LogP contribution in [-0.4, -0.2) is 30.6 Å². The first-order valence-electron chi connectivity index (χ1n) is 6.94. The van der Waals surface area contributed by atoms with Gasteiger partial charge in [-0.2, -0.15) is 0 Å². The summed E-state index contributed by atoms with van der Waals surface area (Å²) in [4.78, 5) is 2.32. The summed E-state index contributed by atoms with van der Waals surface area (Å²) in [6.07, 6.45) is 3.47. The predicted molar refractivity (Wildman–Crippen MR) is 74.7 cm³/mol. The van der Waals surface area contributed by atoms with E-state index in [-0.39, 0.29) is 5.82 Å². The van der Waals surface area contributed by atoms with Crippen LogP contribution in [-0.2, 0) is 6.54 Å². The zero-order valence-electron chi connectivity index (χ0n) is 11.7. The molecule has 0 bridgehead atoms. The van der Waals surface area contributed by atoms with Gasteiger partial charge < -0.3 is 10.5 Å². The second kappa shape index (κ2) is 6.35. The van der Waals surface area contributed by atoms with Crippen LogP contribution in [0.5, 0.6) is 5.75 Å². The SMILES string of the molecule is COc1cccc(CN2C(C)CCCC2CN)c1F. The molecule has 0 saturated carbocycles. The lowest BCUT2D eigenvalue weighted by atomic mass is 9.95. The maximum absolute atomic E-state index is 14.2. The Balaban J connectivity index is 2.19. The maximum atomic E-state index is 14.2. The van der Waals surface area contributed by atoms with Gasteiger partial charge in [-0.15, -0.1) is 0 Å². The summed E-state index contributed by atoms with van der Waals surface area (Å²) < 4.78 is 19.2. The van der Waals surface area contributed by atoms with E-state index in [1.807, 2.05) is 12.1 Å². The van der Waals surface area contributed by atoms with Crippen LogP contribution in [0.3, 0.4) is 0 Å². The monoisotopic (exact) mass is 266 g/mol. The number of rotatable bonds is 4. The average molecular weight is 266 g/mol. The molecule has 1 saturated heterocycles. The van der Waals surface area contributed by atoms with Crippen LogP contribution < -0.4 is 10.5 Å². The molecule has 0 amide bonds. The Morgan fingerprint density at radius 1 is 1.42 bits per heavy atom. The number of halogens is 1. The van der Waals surface area contributed by atoms with Gasteiger partial charge in [-0.05, 0) is 25.8 Å². The molecule has 1 aromatic carbocycles. The fourth-order valence-corrected chi connectivity index (χ4v) is 2.91. The van der Waals surface area contributed by atoms with Crippen molar-refractivity contribution in [2.24, 2.45) is 5.73 Å². The number of piperidine rings is 1. The fourth-order valence-electron chi connectivity index (χ4n) is 2.91. The van der Waals surface area contributed by atoms with Crippen molar-refractivity contribution in [1.82, 2.24) is 4.90 Å². The predicted octanol–water partition coefficient (Wildman–Crippen LogP) is 2.54. The van der Waals surface area contributed by atoms with E-state index in [1.54, 1.807) is 6.07 Å². The van der Waals surface area contributed by atoms with Gasteiger partial charge >= 0.3 is 0 Å². The molecule has 2 rings (SSSR count). The van der Waals surface area contributed by atoms with E-state index >= 15 is 0 Å². The van der Waals surface area contributed by atoms with Crippen molar-refractivity contribution in [3.8, 4) is 5.75 Å². The minimum Gasteiger partial charge on any atom is -0.494 e. The smallest absolute Gasteiger partial charge is 0.169 e. The van der Waals surface area contributed by atoms with Gasteiger partial charge in [0.25, 0.3) is 0 Å². The van der Waals surface area contributed by atoms with E-state index in [4.69, 9.17) is 10.5 Å². The van der Waals surface area contributed by atoms with Crippen molar-refractivity contribution < 1.29 is 9.13 Å². The minimum atomic E-state index is -0.251. The zero-order chi connectivity index (χ0) is 13.8. The topological polar surface area (TPSA) is 38.5 Å². The number of ether oxygens (including phenoxy) is 1. The number of likely N-dealkylation sites (tertiary alicyclic amines) is 1. The first-order valence-corrected chi connectivity index (χ1v) is 6.94. The second-order valence-electron chi connectivity index (χ2n) is 5.28. The quantitative estimate of drug-likeness (QED) is 0.910. The molecule has 4 heteroatoms. The van der Waals surface area contributed by atoms with E-state index in [2.05, 4.69) is 11.8 Å². The second-order valence-corrected chi connectivity index (χ2v) is 5.28. The Bertz CT molecular complexity index is 425. The van der Waals surface area contributed by atoms with Crippen LogP contribution in [0, 0.1) is 5.82 Å². The maximum Gasteiger partial charge on any atom is 0.169 e. The van der Waals surface area contributed by atoms with Gasteiger partial charge in [0.15, 0.2) is 11.6 Å².